The van der Waals surface area contributed by atoms with Gasteiger partial charge in [-0.3, -0.25) is 4.99 Å². The topological polar surface area (TPSA) is 63.5 Å². The van der Waals surface area contributed by atoms with Crippen molar-refractivity contribution in [1.29, 1.82) is 0 Å². The minimum Gasteiger partial charge on any atom is -0.379 e. The number of guanidine groups is 1. The molecule has 2 N–H and O–H groups in total. The lowest BCUT2D eigenvalue weighted by Crippen LogP contribution is -2.45. The van der Waals surface area contributed by atoms with Crippen molar-refractivity contribution < 1.29 is 4.74 Å². The van der Waals surface area contributed by atoms with Crippen molar-refractivity contribution in [2.24, 2.45) is 10.4 Å². The second kappa shape index (κ2) is 8.67. The molecular formula is C19H29N5O. The average molecular weight is 343 g/mol. The van der Waals surface area contributed by atoms with Crippen molar-refractivity contribution in [3.8, 4) is 5.69 Å². The number of nitrogens with zero attached hydrogens (tertiary/aromatic N) is 3. The molecule has 0 bridgehead atoms. The van der Waals surface area contributed by atoms with E-state index in [0.29, 0.717) is 13.1 Å². The van der Waals surface area contributed by atoms with Gasteiger partial charge in [-0.05, 0) is 17.0 Å². The maximum Gasteiger partial charge on any atom is 0.191 e. The van der Waals surface area contributed by atoms with Gasteiger partial charge in [0.25, 0.3) is 0 Å². The van der Waals surface area contributed by atoms with Crippen LogP contribution in [-0.2, 0) is 11.3 Å². The number of imidazole rings is 1. The van der Waals surface area contributed by atoms with Crippen molar-refractivity contribution in [1.82, 2.24) is 20.2 Å². The van der Waals surface area contributed by atoms with E-state index >= 15 is 0 Å². The summed E-state index contributed by atoms with van der Waals surface area (Å²) in [4.78, 5) is 8.43. The molecule has 25 heavy (non-hydrogen) atoms. The highest BCUT2D eigenvalue weighted by Gasteiger charge is 2.24. The summed E-state index contributed by atoms with van der Waals surface area (Å²) in [5.74, 6) is 0.756. The van der Waals surface area contributed by atoms with Crippen LogP contribution in [0.25, 0.3) is 5.69 Å². The fourth-order valence-corrected chi connectivity index (χ4v) is 2.65. The zero-order valence-electron chi connectivity index (χ0n) is 15.8. The van der Waals surface area contributed by atoms with E-state index < -0.39 is 0 Å². The molecule has 0 saturated carbocycles. The molecule has 0 aliphatic carbocycles. The van der Waals surface area contributed by atoms with Gasteiger partial charge in [0.2, 0.25) is 0 Å². The van der Waals surface area contributed by atoms with E-state index in [1.165, 1.54) is 5.56 Å². The minimum absolute atomic E-state index is 0.0641. The van der Waals surface area contributed by atoms with Crippen LogP contribution in [0.15, 0.2) is 48.0 Å². The summed E-state index contributed by atoms with van der Waals surface area (Å²) < 4.78 is 7.59. The van der Waals surface area contributed by atoms with E-state index in [2.05, 4.69) is 53.5 Å². The number of benzene rings is 1. The highest BCUT2D eigenvalue weighted by Crippen LogP contribution is 2.21. The maximum absolute atomic E-state index is 5.58. The highest BCUT2D eigenvalue weighted by molar-refractivity contribution is 5.79. The van der Waals surface area contributed by atoms with E-state index in [-0.39, 0.29) is 11.5 Å². The Morgan fingerprint density at radius 2 is 2.04 bits per heavy atom. The van der Waals surface area contributed by atoms with Crippen molar-refractivity contribution in [2.45, 2.75) is 33.4 Å². The van der Waals surface area contributed by atoms with Crippen molar-refractivity contribution in [2.75, 3.05) is 20.7 Å². The molecule has 1 aromatic heterocycles. The molecule has 1 aromatic carbocycles. The third kappa shape index (κ3) is 5.32. The van der Waals surface area contributed by atoms with Crippen LogP contribution in [-0.4, -0.2) is 42.3 Å². The zero-order valence-corrected chi connectivity index (χ0v) is 15.8. The third-order valence-corrected chi connectivity index (χ3v) is 4.15. The molecule has 0 aliphatic heterocycles. The Morgan fingerprint density at radius 1 is 1.28 bits per heavy atom. The van der Waals surface area contributed by atoms with E-state index in [0.717, 1.165) is 11.6 Å². The molecule has 136 valence electrons. The molecule has 0 amide bonds. The molecule has 0 spiro atoms. The molecule has 0 fully saturated rings. The van der Waals surface area contributed by atoms with Crippen LogP contribution in [0.3, 0.4) is 0 Å². The Balaban J connectivity index is 1.98. The average Bonchev–Trinajstić information content (AvgIpc) is 3.11. The SMILES string of the molecule is CN=C(NCc1ccccc1-n1ccnc1)NCC(OC)C(C)(C)C. The van der Waals surface area contributed by atoms with Crippen LogP contribution in [0.1, 0.15) is 26.3 Å². The summed E-state index contributed by atoms with van der Waals surface area (Å²) in [6, 6.07) is 8.24. The predicted octanol–water partition coefficient (Wildman–Crippen LogP) is 2.60. The van der Waals surface area contributed by atoms with Gasteiger partial charge in [0, 0.05) is 39.6 Å². The van der Waals surface area contributed by atoms with Gasteiger partial charge < -0.3 is 19.9 Å². The standard InChI is InChI=1S/C19H29N5O/c1-19(2,3)17(25-5)13-23-18(20-4)22-12-15-8-6-7-9-16(15)24-11-10-21-14-24/h6-11,14,17H,12-13H2,1-5H3,(H2,20,22,23). The van der Waals surface area contributed by atoms with Crippen molar-refractivity contribution >= 4 is 5.96 Å². The van der Waals surface area contributed by atoms with Gasteiger partial charge in [0.05, 0.1) is 18.1 Å². The minimum atomic E-state index is 0.0641. The van der Waals surface area contributed by atoms with Gasteiger partial charge in [-0.15, -0.1) is 0 Å². The van der Waals surface area contributed by atoms with Crippen molar-refractivity contribution in [3.05, 3.63) is 48.5 Å². The number of aliphatic imine (C=N–C) groups is 1. The molecule has 0 aliphatic rings. The Bertz CT molecular complexity index is 673. The Kier molecular flexibility index (Phi) is 6.58. The number of ether oxygens (including phenoxy) is 1. The number of nitrogens with one attached hydrogen (secondary N) is 2. The van der Waals surface area contributed by atoms with E-state index in [9.17, 15) is 0 Å². The van der Waals surface area contributed by atoms with Gasteiger partial charge in [-0.2, -0.15) is 0 Å². The second-order valence-corrected chi connectivity index (χ2v) is 7.00. The molecular weight excluding hydrogens is 314 g/mol. The number of para-hydroxylation sites is 1. The number of rotatable bonds is 6. The summed E-state index contributed by atoms with van der Waals surface area (Å²) in [6.45, 7) is 7.87. The highest BCUT2D eigenvalue weighted by atomic mass is 16.5. The summed E-state index contributed by atoms with van der Waals surface area (Å²) in [5.41, 5.74) is 2.34. The first-order valence-corrected chi connectivity index (χ1v) is 8.49. The number of aromatic nitrogens is 2. The molecule has 2 aromatic rings. The summed E-state index contributed by atoms with van der Waals surface area (Å²) in [7, 11) is 3.52. The lowest BCUT2D eigenvalue weighted by Gasteiger charge is -2.30. The van der Waals surface area contributed by atoms with Crippen LogP contribution in [0.5, 0.6) is 0 Å². The smallest absolute Gasteiger partial charge is 0.191 e. The molecule has 0 radical (unpaired) electrons. The quantitative estimate of drug-likeness (QED) is 0.625. The molecule has 1 atom stereocenters. The maximum atomic E-state index is 5.58. The van der Waals surface area contributed by atoms with Gasteiger partial charge in [0.15, 0.2) is 5.96 Å². The first-order chi connectivity index (χ1) is 12.0. The molecule has 6 nitrogen and oxygen atoms in total. The fraction of sp³-hybridized carbons (Fsp3) is 0.474. The van der Waals surface area contributed by atoms with E-state index in [1.54, 1.807) is 26.7 Å². The summed E-state index contributed by atoms with van der Waals surface area (Å²) >= 11 is 0. The number of methoxy groups -OCH3 is 1. The predicted molar refractivity (Wildman–Crippen MR) is 102 cm³/mol. The molecule has 6 heteroatoms. The molecule has 1 unspecified atom stereocenters. The van der Waals surface area contributed by atoms with Crippen LogP contribution >= 0.6 is 0 Å². The fourth-order valence-electron chi connectivity index (χ4n) is 2.65. The third-order valence-electron chi connectivity index (χ3n) is 4.15. The monoisotopic (exact) mass is 343 g/mol. The number of hydrogen-bond donors (Lipinski definition) is 2. The molecule has 0 saturated heterocycles. The van der Waals surface area contributed by atoms with Gasteiger partial charge in [-0.1, -0.05) is 39.0 Å². The second-order valence-electron chi connectivity index (χ2n) is 7.00. The van der Waals surface area contributed by atoms with Gasteiger partial charge >= 0.3 is 0 Å². The van der Waals surface area contributed by atoms with Gasteiger partial charge in [-0.25, -0.2) is 4.98 Å². The Labute approximate surface area is 150 Å². The van der Waals surface area contributed by atoms with Crippen LogP contribution in [0.4, 0.5) is 0 Å². The van der Waals surface area contributed by atoms with E-state index in [4.69, 9.17) is 4.74 Å². The first-order valence-electron chi connectivity index (χ1n) is 8.49. The van der Waals surface area contributed by atoms with Crippen LogP contribution in [0.2, 0.25) is 0 Å². The Morgan fingerprint density at radius 3 is 2.64 bits per heavy atom. The summed E-state index contributed by atoms with van der Waals surface area (Å²) in [5, 5.41) is 6.71. The van der Waals surface area contributed by atoms with Crippen LogP contribution in [0, 0.1) is 5.41 Å². The lowest BCUT2D eigenvalue weighted by atomic mass is 9.89. The lowest BCUT2D eigenvalue weighted by molar-refractivity contribution is 0.0205. The van der Waals surface area contributed by atoms with Gasteiger partial charge in [0.1, 0.15) is 0 Å². The molecule has 2 rings (SSSR count). The normalized spacial score (nSPS) is 13.6. The zero-order chi connectivity index (χ0) is 18.3. The van der Waals surface area contributed by atoms with Crippen molar-refractivity contribution in [3.63, 3.8) is 0 Å². The van der Waals surface area contributed by atoms with Crippen LogP contribution < -0.4 is 10.6 Å². The van der Waals surface area contributed by atoms with E-state index in [1.807, 2.05) is 22.9 Å². The largest absolute Gasteiger partial charge is 0.379 e. The summed E-state index contributed by atoms with van der Waals surface area (Å²) in [6.07, 6.45) is 5.63. The first kappa shape index (κ1) is 19.0. The number of hydrogen-bond acceptors (Lipinski definition) is 3. The molecule has 1 heterocycles. The Hall–Kier alpha value is -2.34.